The van der Waals surface area contributed by atoms with Gasteiger partial charge in [-0.05, 0) is 12.1 Å². The van der Waals surface area contributed by atoms with Gasteiger partial charge in [0.1, 0.15) is 5.44 Å². The van der Waals surface area contributed by atoms with Crippen LogP contribution in [-0.2, 0) is 4.74 Å². The van der Waals surface area contributed by atoms with E-state index in [9.17, 15) is 5.11 Å². The van der Waals surface area contributed by atoms with Crippen LogP contribution in [0.4, 0.5) is 5.69 Å². The minimum atomic E-state index is -0.709. The van der Waals surface area contributed by atoms with Crippen LogP contribution < -0.4 is 4.90 Å². The fourth-order valence-electron chi connectivity index (χ4n) is 2.01. The van der Waals surface area contributed by atoms with Crippen LogP contribution in [0, 0.1) is 0 Å². The zero-order valence-electron chi connectivity index (χ0n) is 11.2. The highest BCUT2D eigenvalue weighted by Crippen LogP contribution is 2.32. The largest absolute Gasteiger partial charge is 0.366 e. The zero-order chi connectivity index (χ0) is 13.2. The number of para-hydroxylation sites is 1. The molecule has 2 rings (SSSR count). The first-order chi connectivity index (χ1) is 8.44. The fraction of sp³-hybridized carbons (Fsp3) is 0.571. The van der Waals surface area contributed by atoms with E-state index in [0.717, 1.165) is 12.2 Å². The van der Waals surface area contributed by atoms with Gasteiger partial charge in [-0.15, -0.1) is 11.8 Å². The van der Waals surface area contributed by atoms with E-state index in [-0.39, 0.29) is 10.2 Å². The highest BCUT2D eigenvalue weighted by atomic mass is 32.2. The Bertz CT molecular complexity index is 377. The normalized spacial score (nSPS) is 25.2. The van der Waals surface area contributed by atoms with E-state index in [1.165, 1.54) is 0 Å². The first-order valence-electron chi connectivity index (χ1n) is 6.25. The lowest BCUT2D eigenvalue weighted by Gasteiger charge is -2.39. The van der Waals surface area contributed by atoms with E-state index < -0.39 is 6.29 Å². The van der Waals surface area contributed by atoms with Gasteiger partial charge in [-0.2, -0.15) is 0 Å². The molecule has 4 heteroatoms. The fourth-order valence-corrected chi connectivity index (χ4v) is 3.24. The van der Waals surface area contributed by atoms with Crippen molar-refractivity contribution in [1.29, 1.82) is 0 Å². The monoisotopic (exact) mass is 267 g/mol. The second-order valence-electron chi connectivity index (χ2n) is 5.49. The van der Waals surface area contributed by atoms with Gasteiger partial charge in [0.25, 0.3) is 0 Å². The van der Waals surface area contributed by atoms with Gasteiger partial charge in [0, 0.05) is 10.4 Å². The van der Waals surface area contributed by atoms with Crippen LogP contribution in [0.2, 0.25) is 0 Å². The van der Waals surface area contributed by atoms with E-state index in [0.29, 0.717) is 6.54 Å². The van der Waals surface area contributed by atoms with Gasteiger partial charge < -0.3 is 14.7 Å². The Labute approximate surface area is 113 Å². The highest BCUT2D eigenvalue weighted by Gasteiger charge is 2.30. The Hall–Kier alpha value is -0.710. The Morgan fingerprint density at radius 2 is 1.89 bits per heavy atom. The van der Waals surface area contributed by atoms with Crippen molar-refractivity contribution in [3.05, 3.63) is 30.3 Å². The molecule has 1 aromatic rings. The van der Waals surface area contributed by atoms with Crippen LogP contribution in [-0.4, -0.2) is 34.7 Å². The first-order valence-corrected chi connectivity index (χ1v) is 7.13. The van der Waals surface area contributed by atoms with Gasteiger partial charge in [0.2, 0.25) is 0 Å². The predicted octanol–water partition coefficient (Wildman–Crippen LogP) is 2.70. The zero-order valence-corrected chi connectivity index (χ0v) is 12.0. The van der Waals surface area contributed by atoms with Crippen LogP contribution in [0.5, 0.6) is 0 Å². The van der Waals surface area contributed by atoms with Gasteiger partial charge in [0.15, 0.2) is 6.29 Å². The molecule has 1 aromatic carbocycles. The molecule has 100 valence electrons. The van der Waals surface area contributed by atoms with Crippen LogP contribution >= 0.6 is 11.8 Å². The first kappa shape index (κ1) is 13.7. The van der Waals surface area contributed by atoms with Crippen molar-refractivity contribution < 1.29 is 9.84 Å². The lowest BCUT2D eigenvalue weighted by molar-refractivity contribution is -0.116. The van der Waals surface area contributed by atoms with Crippen molar-refractivity contribution in [3.63, 3.8) is 0 Å². The number of aliphatic hydroxyl groups is 1. The molecule has 1 saturated heterocycles. The molecule has 0 bridgehead atoms. The average Bonchev–Trinajstić information content (AvgIpc) is 2.27. The van der Waals surface area contributed by atoms with E-state index in [1.54, 1.807) is 11.8 Å². The molecule has 0 radical (unpaired) electrons. The summed E-state index contributed by atoms with van der Waals surface area (Å²) >= 11 is 1.76. The van der Waals surface area contributed by atoms with Crippen molar-refractivity contribution in [2.75, 3.05) is 18.0 Å². The molecule has 18 heavy (non-hydrogen) atoms. The van der Waals surface area contributed by atoms with Gasteiger partial charge in [-0.1, -0.05) is 39.0 Å². The maximum absolute atomic E-state index is 9.83. The molecular formula is C14H21NO2S. The molecule has 1 aliphatic rings. The summed E-state index contributed by atoms with van der Waals surface area (Å²) in [6.45, 7) is 7.83. The van der Waals surface area contributed by atoms with E-state index in [2.05, 4.69) is 37.8 Å². The van der Waals surface area contributed by atoms with Gasteiger partial charge in [0.05, 0.1) is 13.1 Å². The van der Waals surface area contributed by atoms with Gasteiger partial charge in [-0.3, -0.25) is 0 Å². The minimum absolute atomic E-state index is 0.00829. The van der Waals surface area contributed by atoms with Crippen molar-refractivity contribution >= 4 is 17.4 Å². The summed E-state index contributed by atoms with van der Waals surface area (Å²) in [5.74, 6) is 0. The molecule has 0 amide bonds. The summed E-state index contributed by atoms with van der Waals surface area (Å²) < 4.78 is 5.72. The van der Waals surface area contributed by atoms with Crippen LogP contribution in [0.25, 0.3) is 0 Å². The Morgan fingerprint density at radius 1 is 1.22 bits per heavy atom. The quantitative estimate of drug-likeness (QED) is 0.893. The summed E-state index contributed by atoms with van der Waals surface area (Å²) in [5.41, 5.74) is 1.15. The van der Waals surface area contributed by atoms with Crippen LogP contribution in [0.15, 0.2) is 30.3 Å². The summed E-state index contributed by atoms with van der Waals surface area (Å²) in [7, 11) is 0. The van der Waals surface area contributed by atoms with E-state index in [1.807, 2.05) is 18.2 Å². The smallest absolute Gasteiger partial charge is 0.173 e. The number of hydrogen-bond donors (Lipinski definition) is 1. The van der Waals surface area contributed by atoms with Gasteiger partial charge >= 0.3 is 0 Å². The molecule has 0 saturated carbocycles. The second kappa shape index (κ2) is 5.51. The number of β-amino-alcohol motifs (C(OH)–C–C–N with tert-alkyl or cyclic N) is 1. The molecule has 2 atom stereocenters. The molecule has 1 aliphatic heterocycles. The molecule has 0 aliphatic carbocycles. The third kappa shape index (κ3) is 3.90. The van der Waals surface area contributed by atoms with Crippen LogP contribution in [0.1, 0.15) is 20.8 Å². The average molecular weight is 267 g/mol. The Balaban J connectivity index is 2.05. The maximum Gasteiger partial charge on any atom is 0.173 e. The number of morpholine rings is 1. The summed E-state index contributed by atoms with van der Waals surface area (Å²) in [6, 6.07) is 10.2. The standard InChI is InChI=1S/C14H21NO2S/c1-14(2,3)18-13-10-15(9-12(16)17-13)11-7-5-4-6-8-11/h4-8,12-13,16H,9-10H2,1-3H3/t12-,13+/m1/s1. The van der Waals surface area contributed by atoms with Crippen molar-refractivity contribution in [2.24, 2.45) is 0 Å². The number of aliphatic hydroxyl groups excluding tert-OH is 1. The molecule has 3 nitrogen and oxygen atoms in total. The third-order valence-electron chi connectivity index (χ3n) is 2.66. The summed E-state index contributed by atoms with van der Waals surface area (Å²) in [4.78, 5) is 2.18. The number of benzene rings is 1. The van der Waals surface area contributed by atoms with Crippen molar-refractivity contribution in [2.45, 2.75) is 37.2 Å². The maximum atomic E-state index is 9.83. The SMILES string of the molecule is CC(C)(C)S[C@H]1CN(c2ccccc2)C[C@H](O)O1. The highest BCUT2D eigenvalue weighted by molar-refractivity contribution is 8.01. The number of thioether (sulfide) groups is 1. The lowest BCUT2D eigenvalue weighted by atomic mass is 10.2. The molecule has 0 spiro atoms. The Kier molecular flexibility index (Phi) is 4.20. The van der Waals surface area contributed by atoms with E-state index in [4.69, 9.17) is 4.74 Å². The number of ether oxygens (including phenoxy) is 1. The predicted molar refractivity (Wildman–Crippen MR) is 76.9 cm³/mol. The van der Waals surface area contributed by atoms with E-state index >= 15 is 0 Å². The lowest BCUT2D eigenvalue weighted by Crippen LogP contribution is -2.47. The summed E-state index contributed by atoms with van der Waals surface area (Å²) in [5, 5.41) is 9.83. The number of rotatable bonds is 2. The molecular weight excluding hydrogens is 246 g/mol. The summed E-state index contributed by atoms with van der Waals surface area (Å²) in [6.07, 6.45) is -0.709. The number of hydrogen-bond acceptors (Lipinski definition) is 4. The third-order valence-corrected chi connectivity index (χ3v) is 3.89. The van der Waals surface area contributed by atoms with Crippen molar-refractivity contribution in [1.82, 2.24) is 0 Å². The number of nitrogens with zero attached hydrogens (tertiary/aromatic N) is 1. The van der Waals surface area contributed by atoms with Crippen molar-refractivity contribution in [3.8, 4) is 0 Å². The second-order valence-corrected chi connectivity index (χ2v) is 7.48. The minimum Gasteiger partial charge on any atom is -0.366 e. The Morgan fingerprint density at radius 3 is 2.50 bits per heavy atom. The molecule has 0 aromatic heterocycles. The molecule has 1 fully saturated rings. The van der Waals surface area contributed by atoms with Crippen LogP contribution in [0.3, 0.4) is 0 Å². The van der Waals surface area contributed by atoms with Gasteiger partial charge in [-0.25, -0.2) is 0 Å². The molecule has 1 heterocycles. The number of anilines is 1. The molecule has 0 unspecified atom stereocenters. The molecule has 1 N–H and O–H groups in total. The topological polar surface area (TPSA) is 32.7 Å².